The number of ketones is 1. The summed E-state index contributed by atoms with van der Waals surface area (Å²) in [4.78, 5) is 10.3. The van der Waals surface area contributed by atoms with Crippen LogP contribution >= 0.6 is 0 Å². The third-order valence-electron chi connectivity index (χ3n) is 0.836. The van der Waals surface area contributed by atoms with Crippen molar-refractivity contribution in [2.75, 3.05) is 13.2 Å². The van der Waals surface area contributed by atoms with E-state index in [1.807, 2.05) is 0 Å². The van der Waals surface area contributed by atoms with Crippen LogP contribution in [0.15, 0.2) is 0 Å². The lowest BCUT2D eigenvalue weighted by Crippen LogP contribution is -2.07. The third-order valence-corrected chi connectivity index (χ3v) is 0.836. The number of hydrogen-bond acceptors (Lipinski definition) is 3. The predicted octanol–water partition coefficient (Wildman–Crippen LogP) is -0.713. The molecule has 0 aliphatic rings. The minimum absolute atomic E-state index is 0.129. The van der Waals surface area contributed by atoms with E-state index >= 15 is 0 Å². The number of hydrogen-bond donors (Lipinski definition) is 2. The van der Waals surface area contributed by atoms with Crippen molar-refractivity contribution in [2.24, 2.45) is 5.73 Å². The minimum Gasteiger partial charge on any atom is -0.389 e. The molecule has 0 spiro atoms. The lowest BCUT2D eigenvalue weighted by Gasteiger charge is -1.90. The molecule has 48 valence electrons. The lowest BCUT2D eigenvalue weighted by atomic mass is 10.2. The molecule has 0 aliphatic carbocycles. The first-order valence-corrected chi connectivity index (χ1v) is 2.64. The van der Waals surface area contributed by atoms with Crippen LogP contribution in [0.4, 0.5) is 0 Å². The van der Waals surface area contributed by atoms with Gasteiger partial charge in [0.2, 0.25) is 0 Å². The van der Waals surface area contributed by atoms with Crippen molar-refractivity contribution in [3.05, 3.63) is 0 Å². The number of aliphatic hydroxyl groups excluding tert-OH is 1. The molecular formula is C5H11NO2. The Balaban J connectivity index is 2.99. The van der Waals surface area contributed by atoms with Crippen LogP contribution < -0.4 is 5.73 Å². The van der Waals surface area contributed by atoms with Crippen LogP contribution in [0.5, 0.6) is 0 Å². The van der Waals surface area contributed by atoms with Gasteiger partial charge in [0.05, 0.1) is 0 Å². The highest BCUT2D eigenvalue weighted by Gasteiger charge is 1.95. The second-order valence-electron chi connectivity index (χ2n) is 1.59. The fourth-order valence-electron chi connectivity index (χ4n) is 0.378. The zero-order valence-electron chi connectivity index (χ0n) is 4.76. The molecule has 0 radical (unpaired) electrons. The van der Waals surface area contributed by atoms with Gasteiger partial charge in [0.25, 0.3) is 0 Å². The van der Waals surface area contributed by atoms with Crippen molar-refractivity contribution in [1.29, 1.82) is 0 Å². The van der Waals surface area contributed by atoms with Crippen LogP contribution in [0.2, 0.25) is 0 Å². The smallest absolute Gasteiger partial charge is 0.158 e. The Labute approximate surface area is 48.5 Å². The molecule has 3 nitrogen and oxygen atoms in total. The zero-order valence-corrected chi connectivity index (χ0v) is 4.76. The molecule has 3 heteroatoms. The van der Waals surface area contributed by atoms with Crippen molar-refractivity contribution in [3.63, 3.8) is 0 Å². The molecule has 0 aromatic carbocycles. The molecule has 0 fully saturated rings. The molecule has 0 atom stereocenters. The Morgan fingerprint density at radius 2 is 2.25 bits per heavy atom. The topological polar surface area (TPSA) is 63.3 Å². The van der Waals surface area contributed by atoms with E-state index in [1.165, 1.54) is 0 Å². The van der Waals surface area contributed by atoms with E-state index < -0.39 is 0 Å². The summed E-state index contributed by atoms with van der Waals surface area (Å²) in [5.74, 6) is -0.129. The van der Waals surface area contributed by atoms with E-state index in [0.717, 1.165) is 0 Å². The van der Waals surface area contributed by atoms with Gasteiger partial charge < -0.3 is 10.8 Å². The maximum Gasteiger partial charge on any atom is 0.158 e. The number of carbonyl (C=O) groups excluding carboxylic acids is 1. The van der Waals surface area contributed by atoms with Crippen molar-refractivity contribution in [2.45, 2.75) is 12.8 Å². The van der Waals surface area contributed by atoms with Gasteiger partial charge >= 0.3 is 0 Å². The molecule has 0 amide bonds. The van der Waals surface area contributed by atoms with Crippen LogP contribution in [0.25, 0.3) is 0 Å². The first-order chi connectivity index (χ1) is 3.81. The van der Waals surface area contributed by atoms with Crippen LogP contribution in [0.3, 0.4) is 0 Å². The second kappa shape index (κ2) is 4.74. The van der Waals surface area contributed by atoms with Crippen LogP contribution in [0, 0.1) is 0 Å². The number of Topliss-reactive ketones (excluding diaryl/α,β-unsaturated/α-hetero) is 1. The fraction of sp³-hybridized carbons (Fsp3) is 0.800. The van der Waals surface area contributed by atoms with Gasteiger partial charge in [-0.25, -0.2) is 0 Å². The molecule has 0 heterocycles. The van der Waals surface area contributed by atoms with Gasteiger partial charge in [-0.05, 0) is 13.0 Å². The highest BCUT2D eigenvalue weighted by Crippen LogP contribution is 1.85. The quantitative estimate of drug-likeness (QED) is 0.511. The summed E-state index contributed by atoms with van der Waals surface area (Å²) in [6.07, 6.45) is 1.09. The molecule has 3 N–H and O–H groups in total. The van der Waals surface area contributed by atoms with E-state index in [0.29, 0.717) is 19.4 Å². The van der Waals surface area contributed by atoms with Gasteiger partial charge in [-0.15, -0.1) is 0 Å². The minimum atomic E-state index is -0.347. The van der Waals surface area contributed by atoms with Crippen molar-refractivity contribution in [1.82, 2.24) is 0 Å². The normalized spacial score (nSPS) is 9.25. The van der Waals surface area contributed by atoms with Crippen molar-refractivity contribution >= 4 is 5.78 Å². The van der Waals surface area contributed by atoms with Gasteiger partial charge in [-0.2, -0.15) is 0 Å². The number of rotatable bonds is 4. The first kappa shape index (κ1) is 7.59. The Hall–Kier alpha value is -0.410. The molecule has 0 aliphatic heterocycles. The maximum atomic E-state index is 10.3. The van der Waals surface area contributed by atoms with Crippen LogP contribution in [-0.4, -0.2) is 24.0 Å². The van der Waals surface area contributed by atoms with Crippen molar-refractivity contribution in [3.8, 4) is 0 Å². The third kappa shape index (κ3) is 3.77. The summed E-state index contributed by atoms with van der Waals surface area (Å²) in [6.45, 7) is 0.172. The highest BCUT2D eigenvalue weighted by molar-refractivity contribution is 5.79. The Bertz CT molecular complexity index is 72.8. The fourth-order valence-corrected chi connectivity index (χ4v) is 0.378. The average molecular weight is 117 g/mol. The molecule has 0 unspecified atom stereocenters. The van der Waals surface area contributed by atoms with E-state index in [-0.39, 0.29) is 12.4 Å². The van der Waals surface area contributed by atoms with Gasteiger partial charge in [-0.3, -0.25) is 4.79 Å². The van der Waals surface area contributed by atoms with Crippen molar-refractivity contribution < 1.29 is 9.90 Å². The average Bonchev–Trinajstić information content (AvgIpc) is 1.83. The van der Waals surface area contributed by atoms with Crippen LogP contribution in [-0.2, 0) is 4.79 Å². The van der Waals surface area contributed by atoms with Gasteiger partial charge in [0, 0.05) is 6.42 Å². The Kier molecular flexibility index (Phi) is 4.50. The van der Waals surface area contributed by atoms with E-state index in [9.17, 15) is 4.79 Å². The summed E-state index contributed by atoms with van der Waals surface area (Å²) >= 11 is 0. The predicted molar refractivity (Wildman–Crippen MR) is 30.4 cm³/mol. The standard InChI is InChI=1S/C5H11NO2/c6-3-1-2-5(8)4-7/h7H,1-4,6H2. The maximum absolute atomic E-state index is 10.3. The molecular weight excluding hydrogens is 106 g/mol. The Morgan fingerprint density at radius 3 is 2.62 bits per heavy atom. The summed E-state index contributed by atoms with van der Waals surface area (Å²) in [5.41, 5.74) is 5.10. The monoisotopic (exact) mass is 117 g/mol. The highest BCUT2D eigenvalue weighted by atomic mass is 16.3. The first-order valence-electron chi connectivity index (χ1n) is 2.64. The molecule has 0 saturated carbocycles. The van der Waals surface area contributed by atoms with Gasteiger partial charge in [0.1, 0.15) is 6.61 Å². The molecule has 8 heavy (non-hydrogen) atoms. The van der Waals surface area contributed by atoms with Gasteiger partial charge in [0.15, 0.2) is 5.78 Å². The number of nitrogens with two attached hydrogens (primary N) is 1. The molecule has 0 aromatic rings. The molecule has 0 bridgehead atoms. The largest absolute Gasteiger partial charge is 0.389 e. The molecule has 0 aromatic heterocycles. The van der Waals surface area contributed by atoms with E-state index in [4.69, 9.17) is 10.8 Å². The summed E-state index contributed by atoms with van der Waals surface area (Å²) < 4.78 is 0. The lowest BCUT2D eigenvalue weighted by molar-refractivity contribution is -0.121. The van der Waals surface area contributed by atoms with Crippen LogP contribution in [0.1, 0.15) is 12.8 Å². The van der Waals surface area contributed by atoms with Gasteiger partial charge in [-0.1, -0.05) is 0 Å². The molecule has 0 rings (SSSR count). The number of aliphatic hydroxyl groups is 1. The Morgan fingerprint density at radius 1 is 1.62 bits per heavy atom. The summed E-state index contributed by atoms with van der Waals surface area (Å²) in [6, 6.07) is 0. The zero-order chi connectivity index (χ0) is 6.41. The second-order valence-corrected chi connectivity index (χ2v) is 1.59. The summed E-state index contributed by atoms with van der Waals surface area (Å²) in [7, 11) is 0. The SMILES string of the molecule is NCCCC(=O)CO. The molecule has 0 saturated heterocycles. The van der Waals surface area contributed by atoms with E-state index in [1.54, 1.807) is 0 Å². The summed E-state index contributed by atoms with van der Waals surface area (Å²) in [5, 5.41) is 8.17. The number of carbonyl (C=O) groups is 1. The van der Waals surface area contributed by atoms with E-state index in [2.05, 4.69) is 0 Å².